The molecule has 2 aliphatic rings. The summed E-state index contributed by atoms with van der Waals surface area (Å²) in [6, 6.07) is 16.8. The zero-order chi connectivity index (χ0) is 21.0. The lowest BCUT2D eigenvalue weighted by Crippen LogP contribution is -2.39. The van der Waals surface area contributed by atoms with Gasteiger partial charge in [-0.3, -0.25) is 0 Å². The normalized spacial score (nSPS) is 19.9. The fourth-order valence-electron chi connectivity index (χ4n) is 5.15. The van der Waals surface area contributed by atoms with Gasteiger partial charge in [-0.25, -0.2) is 0 Å². The highest BCUT2D eigenvalue weighted by atomic mass is 16.7. The summed E-state index contributed by atoms with van der Waals surface area (Å²) in [6.07, 6.45) is 3.95. The number of ether oxygens (including phenoxy) is 3. The van der Waals surface area contributed by atoms with Crippen LogP contribution in [0.15, 0.2) is 48.5 Å². The molecule has 0 radical (unpaired) electrons. The molecular formula is C25H33NO4. The number of rotatable bonds is 6. The zero-order valence-corrected chi connectivity index (χ0v) is 18.0. The van der Waals surface area contributed by atoms with Crippen molar-refractivity contribution in [3.63, 3.8) is 0 Å². The Bertz CT molecular complexity index is 787. The molecule has 0 amide bonds. The number of benzene rings is 2. The summed E-state index contributed by atoms with van der Waals surface area (Å²) in [7, 11) is 3.44. The number of phenolic OH excluding ortho intramolecular Hbond substituents is 1. The first kappa shape index (κ1) is 21.2. The van der Waals surface area contributed by atoms with Crippen LogP contribution < -0.4 is 4.90 Å². The third-order valence-electron chi connectivity index (χ3n) is 6.94. The lowest BCUT2D eigenvalue weighted by Gasteiger charge is -2.39. The van der Waals surface area contributed by atoms with Crippen LogP contribution in [0.25, 0.3) is 0 Å². The van der Waals surface area contributed by atoms with Crippen LogP contribution in [0.4, 0.5) is 5.69 Å². The number of methoxy groups -OCH3 is 2. The zero-order valence-electron chi connectivity index (χ0n) is 18.0. The van der Waals surface area contributed by atoms with Crippen LogP contribution in [0.1, 0.15) is 36.8 Å². The van der Waals surface area contributed by atoms with Crippen molar-refractivity contribution >= 4 is 5.69 Å². The Hall–Kier alpha value is -2.08. The average Bonchev–Trinajstić information content (AvgIpc) is 2.81. The van der Waals surface area contributed by atoms with Gasteiger partial charge in [-0.2, -0.15) is 0 Å². The maximum Gasteiger partial charge on any atom is 0.159 e. The van der Waals surface area contributed by atoms with Crippen LogP contribution in [-0.4, -0.2) is 51.9 Å². The molecule has 0 bridgehead atoms. The molecule has 4 rings (SSSR count). The maximum atomic E-state index is 9.73. The molecule has 0 aromatic heterocycles. The molecule has 2 aromatic rings. The minimum absolute atomic E-state index is 0.0539. The second-order valence-electron chi connectivity index (χ2n) is 8.45. The van der Waals surface area contributed by atoms with Gasteiger partial charge in [0.15, 0.2) is 6.29 Å². The Kier molecular flexibility index (Phi) is 6.61. The van der Waals surface area contributed by atoms with Gasteiger partial charge in [0.25, 0.3) is 0 Å². The first-order valence-electron chi connectivity index (χ1n) is 10.9. The van der Waals surface area contributed by atoms with Crippen molar-refractivity contribution in [2.75, 3.05) is 45.4 Å². The Morgan fingerprint density at radius 3 is 1.97 bits per heavy atom. The fourth-order valence-corrected chi connectivity index (χ4v) is 5.15. The average molecular weight is 412 g/mol. The molecule has 5 nitrogen and oxygen atoms in total. The first-order chi connectivity index (χ1) is 14.7. The lowest BCUT2D eigenvalue weighted by atomic mass is 9.69. The molecule has 2 aromatic carbocycles. The van der Waals surface area contributed by atoms with Crippen LogP contribution in [0, 0.1) is 5.92 Å². The molecule has 2 heterocycles. The summed E-state index contributed by atoms with van der Waals surface area (Å²) in [5.74, 6) is 0.763. The maximum absolute atomic E-state index is 9.73. The molecule has 0 unspecified atom stereocenters. The lowest BCUT2D eigenvalue weighted by molar-refractivity contribution is -0.141. The van der Waals surface area contributed by atoms with Gasteiger partial charge in [0.05, 0.1) is 0 Å². The van der Waals surface area contributed by atoms with Crippen LogP contribution in [0.3, 0.4) is 0 Å². The Balaban J connectivity index is 1.51. The molecule has 5 heteroatoms. The van der Waals surface area contributed by atoms with E-state index in [1.807, 2.05) is 0 Å². The first-order valence-corrected chi connectivity index (χ1v) is 10.9. The number of hydrogen-bond donors (Lipinski definition) is 1. The fraction of sp³-hybridized carbons (Fsp3) is 0.520. The molecular weight excluding hydrogens is 378 g/mol. The van der Waals surface area contributed by atoms with E-state index in [1.54, 1.807) is 26.4 Å². The third kappa shape index (κ3) is 4.20. The molecule has 30 heavy (non-hydrogen) atoms. The van der Waals surface area contributed by atoms with Crippen molar-refractivity contribution in [2.24, 2.45) is 5.92 Å². The summed E-state index contributed by atoms with van der Waals surface area (Å²) in [6.45, 7) is 3.56. The predicted octanol–water partition coefficient (Wildman–Crippen LogP) is 4.32. The molecule has 2 aliphatic heterocycles. The van der Waals surface area contributed by atoms with Crippen LogP contribution in [0.2, 0.25) is 0 Å². The van der Waals surface area contributed by atoms with Crippen molar-refractivity contribution in [2.45, 2.75) is 37.4 Å². The summed E-state index contributed by atoms with van der Waals surface area (Å²) >= 11 is 0. The van der Waals surface area contributed by atoms with Gasteiger partial charge < -0.3 is 24.2 Å². The number of hydrogen-bond acceptors (Lipinski definition) is 5. The van der Waals surface area contributed by atoms with Crippen molar-refractivity contribution in [3.05, 3.63) is 59.7 Å². The summed E-state index contributed by atoms with van der Waals surface area (Å²) < 4.78 is 16.6. The Labute approximate surface area is 179 Å². The SMILES string of the molecule is COC(OC)C1CCN(c2ccc(C3(c4ccc(O)cc4)CCOCC3)cc2)CC1. The quantitative estimate of drug-likeness (QED) is 0.718. The van der Waals surface area contributed by atoms with E-state index >= 15 is 0 Å². The molecule has 162 valence electrons. The van der Waals surface area contributed by atoms with E-state index in [0.29, 0.717) is 11.7 Å². The van der Waals surface area contributed by atoms with E-state index in [4.69, 9.17) is 14.2 Å². The second-order valence-corrected chi connectivity index (χ2v) is 8.45. The number of nitrogens with zero attached hydrogens (tertiary/aromatic N) is 1. The number of anilines is 1. The number of piperidine rings is 1. The Morgan fingerprint density at radius 1 is 0.900 bits per heavy atom. The minimum atomic E-state index is -0.104. The minimum Gasteiger partial charge on any atom is -0.508 e. The van der Waals surface area contributed by atoms with Crippen molar-refractivity contribution < 1.29 is 19.3 Å². The molecule has 0 atom stereocenters. The van der Waals surface area contributed by atoms with E-state index in [-0.39, 0.29) is 11.7 Å². The van der Waals surface area contributed by atoms with Crippen molar-refractivity contribution in [1.29, 1.82) is 0 Å². The van der Waals surface area contributed by atoms with Gasteiger partial charge in [0.2, 0.25) is 0 Å². The second kappa shape index (κ2) is 9.38. The van der Waals surface area contributed by atoms with Gasteiger partial charge in [-0.15, -0.1) is 0 Å². The molecule has 2 saturated heterocycles. The van der Waals surface area contributed by atoms with Gasteiger partial charge in [0, 0.05) is 57.5 Å². The molecule has 2 fully saturated rings. The van der Waals surface area contributed by atoms with Crippen LogP contribution >= 0.6 is 0 Å². The summed E-state index contributed by atoms with van der Waals surface area (Å²) in [5, 5.41) is 9.73. The molecule has 0 saturated carbocycles. The smallest absolute Gasteiger partial charge is 0.159 e. The van der Waals surface area contributed by atoms with E-state index in [9.17, 15) is 5.11 Å². The van der Waals surface area contributed by atoms with Crippen LogP contribution in [-0.2, 0) is 19.6 Å². The van der Waals surface area contributed by atoms with E-state index in [1.165, 1.54) is 16.8 Å². The third-order valence-corrected chi connectivity index (χ3v) is 6.94. The van der Waals surface area contributed by atoms with Gasteiger partial charge in [0.1, 0.15) is 5.75 Å². The molecule has 0 spiro atoms. The topological polar surface area (TPSA) is 51.2 Å². The Morgan fingerprint density at radius 2 is 1.43 bits per heavy atom. The van der Waals surface area contributed by atoms with Crippen LogP contribution in [0.5, 0.6) is 5.75 Å². The largest absolute Gasteiger partial charge is 0.508 e. The van der Waals surface area contributed by atoms with Gasteiger partial charge in [-0.1, -0.05) is 24.3 Å². The highest BCUT2D eigenvalue weighted by Gasteiger charge is 2.36. The van der Waals surface area contributed by atoms with E-state index < -0.39 is 0 Å². The van der Waals surface area contributed by atoms with Crippen molar-refractivity contribution in [3.8, 4) is 5.75 Å². The van der Waals surface area contributed by atoms with Crippen molar-refractivity contribution in [1.82, 2.24) is 0 Å². The molecule has 1 N–H and O–H groups in total. The summed E-state index contributed by atoms with van der Waals surface area (Å²) in [5.41, 5.74) is 3.80. The van der Waals surface area contributed by atoms with E-state index in [0.717, 1.165) is 52.0 Å². The van der Waals surface area contributed by atoms with Gasteiger partial charge >= 0.3 is 0 Å². The van der Waals surface area contributed by atoms with E-state index in [2.05, 4.69) is 41.3 Å². The highest BCUT2D eigenvalue weighted by molar-refractivity contribution is 5.51. The summed E-state index contributed by atoms with van der Waals surface area (Å²) in [4.78, 5) is 2.46. The molecule has 0 aliphatic carbocycles. The van der Waals surface area contributed by atoms with Gasteiger partial charge in [-0.05, 0) is 61.1 Å². The monoisotopic (exact) mass is 411 g/mol. The highest BCUT2D eigenvalue weighted by Crippen LogP contribution is 2.42. The predicted molar refractivity (Wildman–Crippen MR) is 118 cm³/mol. The number of aromatic hydroxyl groups is 1. The standard InChI is InChI=1S/C25H33NO4/c1-28-24(29-2)19-11-15-26(16-12-19)22-7-3-20(4-8-22)25(13-17-30-18-14-25)21-5-9-23(27)10-6-21/h3-10,19,24,27H,11-18H2,1-2H3. The number of phenols is 1.